The maximum absolute atomic E-state index is 11.6. The molecule has 0 fully saturated rings. The molecule has 0 aliphatic carbocycles. The molecule has 0 N–H and O–H groups in total. The Balaban J connectivity index is 3.03. The van der Waals surface area contributed by atoms with Crippen molar-refractivity contribution in [3.63, 3.8) is 0 Å². The first kappa shape index (κ1) is 8.05. The number of hydrogen-bond acceptors (Lipinski definition) is 1. The molecule has 0 saturated carbocycles. The van der Waals surface area contributed by atoms with Gasteiger partial charge in [-0.15, -0.1) is 0 Å². The van der Waals surface area contributed by atoms with E-state index < -0.39 is 0 Å². The van der Waals surface area contributed by atoms with Gasteiger partial charge >= 0.3 is 0 Å². The largest absolute Gasteiger partial charge is 0.318 e. The van der Waals surface area contributed by atoms with Gasteiger partial charge in [0, 0.05) is 18.6 Å². The SMILES string of the molecule is [CH2]c1cccc2c(=O)n(C)ccc12. The van der Waals surface area contributed by atoms with Crippen LogP contribution < -0.4 is 5.56 Å². The number of nitrogens with zero attached hydrogens (tertiary/aromatic N) is 1. The van der Waals surface area contributed by atoms with Gasteiger partial charge < -0.3 is 4.57 Å². The minimum atomic E-state index is 0.0306. The van der Waals surface area contributed by atoms with E-state index in [1.165, 1.54) is 0 Å². The molecule has 0 aliphatic heterocycles. The van der Waals surface area contributed by atoms with Gasteiger partial charge in [-0.3, -0.25) is 4.79 Å². The summed E-state index contributed by atoms with van der Waals surface area (Å²) in [6.45, 7) is 3.87. The van der Waals surface area contributed by atoms with E-state index in [1.54, 1.807) is 17.8 Å². The molecule has 0 amide bonds. The van der Waals surface area contributed by atoms with E-state index in [9.17, 15) is 4.79 Å². The molecule has 2 rings (SSSR count). The normalized spacial score (nSPS) is 10.6. The van der Waals surface area contributed by atoms with Crippen molar-refractivity contribution in [2.45, 2.75) is 0 Å². The number of aromatic nitrogens is 1. The van der Waals surface area contributed by atoms with E-state index >= 15 is 0 Å². The molecular formula is C11H10NO. The first-order valence-electron chi connectivity index (χ1n) is 4.10. The van der Waals surface area contributed by atoms with Crippen LogP contribution in [0.2, 0.25) is 0 Å². The fraction of sp³-hybridized carbons (Fsp3) is 0.0909. The lowest BCUT2D eigenvalue weighted by atomic mass is 10.1. The highest BCUT2D eigenvalue weighted by atomic mass is 16.1. The van der Waals surface area contributed by atoms with Crippen LogP contribution in [0.1, 0.15) is 5.56 Å². The standard InChI is InChI=1S/C11H10NO/c1-8-4-3-5-10-9(8)6-7-12(2)11(10)13/h3-7H,1H2,2H3. The second-order valence-corrected chi connectivity index (χ2v) is 3.11. The molecule has 0 spiro atoms. The molecule has 1 aromatic heterocycles. The van der Waals surface area contributed by atoms with Crippen LogP contribution in [0.4, 0.5) is 0 Å². The Hall–Kier alpha value is -1.57. The Morgan fingerprint density at radius 2 is 2.00 bits per heavy atom. The Morgan fingerprint density at radius 3 is 2.77 bits per heavy atom. The lowest BCUT2D eigenvalue weighted by Crippen LogP contribution is -2.15. The summed E-state index contributed by atoms with van der Waals surface area (Å²) in [6.07, 6.45) is 1.76. The molecular weight excluding hydrogens is 162 g/mol. The van der Waals surface area contributed by atoms with Gasteiger partial charge in [0.05, 0.1) is 0 Å². The molecule has 0 saturated heterocycles. The van der Waals surface area contributed by atoms with Crippen molar-refractivity contribution in [1.82, 2.24) is 4.57 Å². The fourth-order valence-corrected chi connectivity index (χ4v) is 1.44. The van der Waals surface area contributed by atoms with Crippen LogP contribution in [0.3, 0.4) is 0 Å². The maximum Gasteiger partial charge on any atom is 0.258 e. The molecule has 13 heavy (non-hydrogen) atoms. The van der Waals surface area contributed by atoms with Crippen molar-refractivity contribution in [2.75, 3.05) is 0 Å². The number of pyridine rings is 1. The van der Waals surface area contributed by atoms with Gasteiger partial charge in [0.2, 0.25) is 0 Å². The van der Waals surface area contributed by atoms with Gasteiger partial charge in [0.1, 0.15) is 0 Å². The average molecular weight is 172 g/mol. The summed E-state index contributed by atoms with van der Waals surface area (Å²) in [6, 6.07) is 7.50. The van der Waals surface area contributed by atoms with E-state index in [1.807, 2.05) is 24.3 Å². The number of aryl methyl sites for hydroxylation is 1. The maximum atomic E-state index is 11.6. The van der Waals surface area contributed by atoms with Crippen LogP contribution in [-0.4, -0.2) is 4.57 Å². The summed E-state index contributed by atoms with van der Waals surface area (Å²) in [7, 11) is 1.75. The monoisotopic (exact) mass is 172 g/mol. The van der Waals surface area contributed by atoms with Gasteiger partial charge in [-0.1, -0.05) is 12.1 Å². The average Bonchev–Trinajstić information content (AvgIpc) is 2.12. The first-order valence-corrected chi connectivity index (χ1v) is 4.10. The minimum absolute atomic E-state index is 0.0306. The zero-order chi connectivity index (χ0) is 9.42. The molecule has 1 aromatic carbocycles. The topological polar surface area (TPSA) is 22.0 Å². The van der Waals surface area contributed by atoms with E-state index in [0.717, 1.165) is 16.3 Å². The Kier molecular flexibility index (Phi) is 1.69. The van der Waals surface area contributed by atoms with Crippen molar-refractivity contribution < 1.29 is 0 Å². The lowest BCUT2D eigenvalue weighted by Gasteiger charge is -2.02. The summed E-state index contributed by atoms with van der Waals surface area (Å²) in [5.74, 6) is 0. The lowest BCUT2D eigenvalue weighted by molar-refractivity contribution is 0.873. The van der Waals surface area contributed by atoms with Gasteiger partial charge in [0.25, 0.3) is 5.56 Å². The van der Waals surface area contributed by atoms with Crippen LogP contribution in [0.25, 0.3) is 10.8 Å². The summed E-state index contributed by atoms with van der Waals surface area (Å²) >= 11 is 0. The van der Waals surface area contributed by atoms with Crippen molar-refractivity contribution in [1.29, 1.82) is 0 Å². The number of benzene rings is 1. The summed E-state index contributed by atoms with van der Waals surface area (Å²) < 4.78 is 1.57. The minimum Gasteiger partial charge on any atom is -0.318 e. The Labute approximate surface area is 76.4 Å². The molecule has 2 nitrogen and oxygen atoms in total. The van der Waals surface area contributed by atoms with Crippen molar-refractivity contribution >= 4 is 10.8 Å². The summed E-state index contributed by atoms with van der Waals surface area (Å²) in [5.41, 5.74) is 0.929. The summed E-state index contributed by atoms with van der Waals surface area (Å²) in [5, 5.41) is 1.67. The molecule has 0 aliphatic rings. The van der Waals surface area contributed by atoms with Crippen LogP contribution >= 0.6 is 0 Å². The van der Waals surface area contributed by atoms with Gasteiger partial charge in [-0.25, -0.2) is 0 Å². The third-order valence-corrected chi connectivity index (χ3v) is 2.21. The van der Waals surface area contributed by atoms with Crippen LogP contribution in [-0.2, 0) is 7.05 Å². The van der Waals surface area contributed by atoms with Crippen molar-refractivity contribution in [3.8, 4) is 0 Å². The van der Waals surface area contributed by atoms with Crippen molar-refractivity contribution in [2.24, 2.45) is 7.05 Å². The molecule has 1 radical (unpaired) electrons. The van der Waals surface area contributed by atoms with E-state index in [0.29, 0.717) is 0 Å². The zero-order valence-electron chi connectivity index (χ0n) is 7.45. The Bertz CT molecular complexity index is 511. The quantitative estimate of drug-likeness (QED) is 0.593. The summed E-state index contributed by atoms with van der Waals surface area (Å²) in [4.78, 5) is 11.6. The zero-order valence-corrected chi connectivity index (χ0v) is 7.45. The smallest absolute Gasteiger partial charge is 0.258 e. The van der Waals surface area contributed by atoms with Crippen LogP contribution in [0.15, 0.2) is 35.3 Å². The number of hydrogen-bond donors (Lipinski definition) is 0. The molecule has 2 aromatic rings. The highest BCUT2D eigenvalue weighted by Gasteiger charge is 2.00. The molecule has 0 unspecified atom stereocenters. The highest BCUT2D eigenvalue weighted by Crippen LogP contribution is 2.13. The third-order valence-electron chi connectivity index (χ3n) is 2.21. The first-order chi connectivity index (χ1) is 6.20. The molecule has 2 heteroatoms. The van der Waals surface area contributed by atoms with Gasteiger partial charge in [-0.2, -0.15) is 0 Å². The van der Waals surface area contributed by atoms with Crippen LogP contribution in [0.5, 0.6) is 0 Å². The van der Waals surface area contributed by atoms with Crippen LogP contribution in [0, 0.1) is 6.92 Å². The second-order valence-electron chi connectivity index (χ2n) is 3.11. The van der Waals surface area contributed by atoms with E-state index in [-0.39, 0.29) is 5.56 Å². The second kappa shape index (κ2) is 2.73. The van der Waals surface area contributed by atoms with E-state index in [2.05, 4.69) is 6.92 Å². The highest BCUT2D eigenvalue weighted by molar-refractivity contribution is 5.85. The third kappa shape index (κ3) is 1.15. The Morgan fingerprint density at radius 1 is 1.23 bits per heavy atom. The number of fused-ring (bicyclic) bond motifs is 1. The predicted molar refractivity (Wildman–Crippen MR) is 53.6 cm³/mol. The van der Waals surface area contributed by atoms with Gasteiger partial charge in [-0.05, 0) is 30.0 Å². The number of rotatable bonds is 0. The molecule has 1 heterocycles. The van der Waals surface area contributed by atoms with Gasteiger partial charge in [0.15, 0.2) is 0 Å². The van der Waals surface area contributed by atoms with Crippen molar-refractivity contribution in [3.05, 3.63) is 53.3 Å². The molecule has 65 valence electrons. The van der Waals surface area contributed by atoms with E-state index in [4.69, 9.17) is 0 Å². The molecule has 0 bridgehead atoms. The molecule has 0 atom stereocenters. The fourth-order valence-electron chi connectivity index (χ4n) is 1.44. The predicted octanol–water partition coefficient (Wildman–Crippen LogP) is 1.72.